The molecule has 2 N–H and O–H groups in total. The van der Waals surface area contributed by atoms with Gasteiger partial charge in [-0.15, -0.1) is 0 Å². The fourth-order valence-electron chi connectivity index (χ4n) is 2.29. The Kier molecular flexibility index (Phi) is 2.01. The molecule has 1 fully saturated rings. The summed E-state index contributed by atoms with van der Waals surface area (Å²) in [7, 11) is 0. The van der Waals surface area contributed by atoms with Crippen molar-refractivity contribution in [2.45, 2.75) is 25.8 Å². The molecule has 2 nitrogen and oxygen atoms in total. The van der Waals surface area contributed by atoms with E-state index in [4.69, 9.17) is 5.73 Å². The molecule has 16 heavy (non-hydrogen) atoms. The molecule has 2 heteroatoms. The fourth-order valence-corrected chi connectivity index (χ4v) is 2.29. The monoisotopic (exact) mass is 212 g/mol. The first-order chi connectivity index (χ1) is 7.71. The van der Waals surface area contributed by atoms with Crippen LogP contribution < -0.4 is 5.73 Å². The van der Waals surface area contributed by atoms with Crippen LogP contribution in [0.25, 0.3) is 10.8 Å². The van der Waals surface area contributed by atoms with Crippen LogP contribution in [0.4, 0.5) is 0 Å². The van der Waals surface area contributed by atoms with E-state index in [9.17, 15) is 0 Å². The Morgan fingerprint density at radius 3 is 2.88 bits per heavy atom. The third-order valence-electron chi connectivity index (χ3n) is 3.84. The summed E-state index contributed by atoms with van der Waals surface area (Å²) in [6, 6.07) is 8.52. The van der Waals surface area contributed by atoms with Gasteiger partial charge < -0.3 is 5.73 Å². The first kappa shape index (κ1) is 9.79. The Labute approximate surface area is 95.5 Å². The molecule has 1 aromatic heterocycles. The Morgan fingerprint density at radius 2 is 2.12 bits per heavy atom. The van der Waals surface area contributed by atoms with Crippen molar-refractivity contribution in [2.75, 3.05) is 0 Å². The maximum absolute atomic E-state index is 6.37. The van der Waals surface area contributed by atoms with E-state index >= 15 is 0 Å². The van der Waals surface area contributed by atoms with Crippen molar-refractivity contribution in [3.63, 3.8) is 0 Å². The van der Waals surface area contributed by atoms with E-state index in [0.29, 0.717) is 5.41 Å². The molecule has 0 saturated heterocycles. The number of hydrogen-bond acceptors (Lipinski definition) is 2. The van der Waals surface area contributed by atoms with E-state index < -0.39 is 0 Å². The molecule has 0 spiro atoms. The average Bonchev–Trinajstić information content (AvgIpc) is 3.07. The number of hydrogen-bond donors (Lipinski definition) is 1. The fraction of sp³-hybridized carbons (Fsp3) is 0.357. The first-order valence-corrected chi connectivity index (χ1v) is 5.79. The van der Waals surface area contributed by atoms with Gasteiger partial charge in [0.25, 0.3) is 0 Å². The van der Waals surface area contributed by atoms with Crippen molar-refractivity contribution >= 4 is 10.8 Å². The van der Waals surface area contributed by atoms with Gasteiger partial charge in [0.05, 0.1) is 0 Å². The van der Waals surface area contributed by atoms with Crippen LogP contribution in [-0.2, 0) is 0 Å². The lowest BCUT2D eigenvalue weighted by atomic mass is 9.90. The minimum absolute atomic E-state index is 0.139. The predicted octanol–water partition coefficient (Wildman–Crippen LogP) is 3.03. The van der Waals surface area contributed by atoms with Crippen LogP contribution in [0.1, 0.15) is 31.4 Å². The lowest BCUT2D eigenvalue weighted by molar-refractivity contribution is 0.453. The van der Waals surface area contributed by atoms with E-state index in [1.54, 1.807) is 0 Å². The summed E-state index contributed by atoms with van der Waals surface area (Å²) in [5.41, 5.74) is 7.92. The molecule has 1 saturated carbocycles. The van der Waals surface area contributed by atoms with Gasteiger partial charge in [0.2, 0.25) is 0 Å². The van der Waals surface area contributed by atoms with Gasteiger partial charge in [-0.2, -0.15) is 0 Å². The third-order valence-corrected chi connectivity index (χ3v) is 3.84. The first-order valence-electron chi connectivity index (χ1n) is 5.79. The van der Waals surface area contributed by atoms with Gasteiger partial charge in [-0.3, -0.25) is 4.98 Å². The topological polar surface area (TPSA) is 38.9 Å². The van der Waals surface area contributed by atoms with Crippen LogP contribution in [-0.4, -0.2) is 4.98 Å². The van der Waals surface area contributed by atoms with Crippen molar-refractivity contribution < 1.29 is 0 Å². The molecule has 1 unspecified atom stereocenters. The molecule has 0 amide bonds. The molecule has 0 aliphatic heterocycles. The quantitative estimate of drug-likeness (QED) is 0.831. The third kappa shape index (κ3) is 1.41. The summed E-state index contributed by atoms with van der Waals surface area (Å²) in [6.45, 7) is 2.27. The zero-order valence-electron chi connectivity index (χ0n) is 9.48. The number of aromatic nitrogens is 1. The summed E-state index contributed by atoms with van der Waals surface area (Å²) < 4.78 is 0. The van der Waals surface area contributed by atoms with E-state index in [2.05, 4.69) is 30.1 Å². The van der Waals surface area contributed by atoms with Crippen molar-refractivity contribution in [1.82, 2.24) is 4.98 Å². The normalized spacial score (nSPS) is 19.6. The second-order valence-corrected chi connectivity index (χ2v) is 5.08. The molecular formula is C14H16N2. The van der Waals surface area contributed by atoms with Crippen molar-refractivity contribution in [2.24, 2.45) is 11.1 Å². The SMILES string of the molecule is CC1(C(N)c2cccc3ccncc23)CC1. The predicted molar refractivity (Wildman–Crippen MR) is 66.0 cm³/mol. The van der Waals surface area contributed by atoms with Crippen molar-refractivity contribution in [3.05, 3.63) is 42.2 Å². The number of benzene rings is 1. The molecule has 1 aromatic carbocycles. The average molecular weight is 212 g/mol. The highest BCUT2D eigenvalue weighted by Crippen LogP contribution is 2.53. The number of rotatable bonds is 2. The Hall–Kier alpha value is -1.41. The highest BCUT2D eigenvalue weighted by Gasteiger charge is 2.43. The lowest BCUT2D eigenvalue weighted by Crippen LogP contribution is -2.20. The highest BCUT2D eigenvalue weighted by atomic mass is 14.7. The largest absolute Gasteiger partial charge is 0.323 e. The standard InChI is InChI=1S/C14H16N2/c1-14(6-7-14)13(15)11-4-2-3-10-5-8-16-9-12(10)11/h2-5,8-9,13H,6-7,15H2,1H3. The van der Waals surface area contributed by atoms with Gasteiger partial charge in [-0.1, -0.05) is 25.1 Å². The molecule has 1 aliphatic rings. The summed E-state index contributed by atoms with van der Waals surface area (Å²) in [5, 5.41) is 2.43. The van der Waals surface area contributed by atoms with Gasteiger partial charge in [-0.05, 0) is 35.3 Å². The zero-order chi connectivity index (χ0) is 11.2. The van der Waals surface area contributed by atoms with E-state index in [1.807, 2.05) is 18.5 Å². The van der Waals surface area contributed by atoms with Gasteiger partial charge in [0.1, 0.15) is 0 Å². The molecule has 0 bridgehead atoms. The van der Waals surface area contributed by atoms with E-state index in [0.717, 1.165) is 0 Å². The molecule has 1 heterocycles. The second-order valence-electron chi connectivity index (χ2n) is 5.08. The number of nitrogens with zero attached hydrogens (tertiary/aromatic N) is 1. The summed E-state index contributed by atoms with van der Waals surface area (Å²) in [4.78, 5) is 4.20. The number of pyridine rings is 1. The molecule has 82 valence electrons. The Bertz CT molecular complexity index is 524. The maximum Gasteiger partial charge on any atom is 0.0356 e. The molecule has 3 rings (SSSR count). The van der Waals surface area contributed by atoms with Gasteiger partial charge in [0, 0.05) is 23.8 Å². The Balaban J connectivity index is 2.16. The minimum atomic E-state index is 0.139. The summed E-state index contributed by atoms with van der Waals surface area (Å²) >= 11 is 0. The maximum atomic E-state index is 6.37. The van der Waals surface area contributed by atoms with Gasteiger partial charge in [-0.25, -0.2) is 0 Å². The molecule has 2 aromatic rings. The Morgan fingerprint density at radius 1 is 1.31 bits per heavy atom. The number of nitrogens with two attached hydrogens (primary N) is 1. The highest BCUT2D eigenvalue weighted by molar-refractivity contribution is 5.85. The lowest BCUT2D eigenvalue weighted by Gasteiger charge is -2.20. The molecule has 1 atom stereocenters. The summed E-state index contributed by atoms with van der Waals surface area (Å²) in [5.74, 6) is 0. The van der Waals surface area contributed by atoms with E-state index in [1.165, 1.54) is 29.2 Å². The van der Waals surface area contributed by atoms with Crippen molar-refractivity contribution in [3.8, 4) is 0 Å². The van der Waals surface area contributed by atoms with Crippen LogP contribution in [0, 0.1) is 5.41 Å². The van der Waals surface area contributed by atoms with Crippen LogP contribution in [0.15, 0.2) is 36.7 Å². The smallest absolute Gasteiger partial charge is 0.0356 e. The van der Waals surface area contributed by atoms with Gasteiger partial charge >= 0.3 is 0 Å². The number of fused-ring (bicyclic) bond motifs is 1. The zero-order valence-corrected chi connectivity index (χ0v) is 9.48. The second kappa shape index (κ2) is 3.29. The van der Waals surface area contributed by atoms with Crippen molar-refractivity contribution in [1.29, 1.82) is 0 Å². The molecule has 0 radical (unpaired) electrons. The van der Waals surface area contributed by atoms with Crippen LogP contribution >= 0.6 is 0 Å². The summed E-state index contributed by atoms with van der Waals surface area (Å²) in [6.07, 6.45) is 6.24. The van der Waals surface area contributed by atoms with Crippen LogP contribution in [0.3, 0.4) is 0 Å². The van der Waals surface area contributed by atoms with E-state index in [-0.39, 0.29) is 6.04 Å². The van der Waals surface area contributed by atoms with Gasteiger partial charge in [0.15, 0.2) is 0 Å². The van der Waals surface area contributed by atoms with Crippen LogP contribution in [0.5, 0.6) is 0 Å². The van der Waals surface area contributed by atoms with Crippen LogP contribution in [0.2, 0.25) is 0 Å². The minimum Gasteiger partial charge on any atom is -0.323 e. The molecule has 1 aliphatic carbocycles. The molecular weight excluding hydrogens is 196 g/mol.